The fourth-order valence-corrected chi connectivity index (χ4v) is 1.51. The Hall–Kier alpha value is -1.58. The number of benzene rings is 1. The molecule has 2 N–H and O–H groups in total. The third-order valence-corrected chi connectivity index (χ3v) is 2.29. The molecule has 14 heavy (non-hydrogen) atoms. The standard InChI is InChI=1S/C10H11FN2O/c1-2-7-10(14)13-8-4-3-6(11)5-9(8)12-7/h3-5,7,12H,2H2,1H3,(H,13,14). The molecule has 0 aromatic heterocycles. The van der Waals surface area contributed by atoms with Gasteiger partial charge in [-0.2, -0.15) is 0 Å². The quantitative estimate of drug-likeness (QED) is 0.717. The minimum Gasteiger partial charge on any atom is -0.372 e. The minimum absolute atomic E-state index is 0.0633. The first-order valence-electron chi connectivity index (χ1n) is 4.57. The van der Waals surface area contributed by atoms with Gasteiger partial charge in [-0.3, -0.25) is 4.79 Å². The van der Waals surface area contributed by atoms with Crippen LogP contribution in [0.3, 0.4) is 0 Å². The smallest absolute Gasteiger partial charge is 0.246 e. The second-order valence-corrected chi connectivity index (χ2v) is 3.28. The van der Waals surface area contributed by atoms with Crippen LogP contribution in [0, 0.1) is 5.82 Å². The van der Waals surface area contributed by atoms with Crippen LogP contribution in [-0.4, -0.2) is 11.9 Å². The van der Waals surface area contributed by atoms with Crippen molar-refractivity contribution in [2.45, 2.75) is 19.4 Å². The zero-order valence-corrected chi connectivity index (χ0v) is 7.80. The average molecular weight is 194 g/mol. The van der Waals surface area contributed by atoms with Crippen LogP contribution in [0.15, 0.2) is 18.2 Å². The lowest BCUT2D eigenvalue weighted by Gasteiger charge is -2.25. The van der Waals surface area contributed by atoms with E-state index in [0.717, 1.165) is 0 Å². The molecular formula is C10H11FN2O. The molecule has 2 rings (SSSR count). The molecule has 3 nitrogen and oxygen atoms in total. The SMILES string of the molecule is CCC1Nc2cc(F)ccc2NC1=O. The molecule has 0 aliphatic carbocycles. The Morgan fingerprint density at radius 1 is 1.43 bits per heavy atom. The van der Waals surface area contributed by atoms with Crippen molar-refractivity contribution in [2.24, 2.45) is 0 Å². The van der Waals surface area contributed by atoms with Crippen molar-refractivity contribution < 1.29 is 9.18 Å². The predicted octanol–water partition coefficient (Wildman–Crippen LogP) is 1.97. The summed E-state index contributed by atoms with van der Waals surface area (Å²) in [6.45, 7) is 1.90. The van der Waals surface area contributed by atoms with Crippen molar-refractivity contribution in [1.29, 1.82) is 0 Å². The molecule has 4 heteroatoms. The molecule has 1 amide bonds. The second-order valence-electron chi connectivity index (χ2n) is 3.28. The minimum atomic E-state index is -0.303. The van der Waals surface area contributed by atoms with E-state index in [1.807, 2.05) is 6.92 Å². The third-order valence-electron chi connectivity index (χ3n) is 2.29. The number of nitrogens with one attached hydrogen (secondary N) is 2. The highest BCUT2D eigenvalue weighted by Gasteiger charge is 2.23. The largest absolute Gasteiger partial charge is 0.372 e. The van der Waals surface area contributed by atoms with Crippen molar-refractivity contribution in [3.05, 3.63) is 24.0 Å². The van der Waals surface area contributed by atoms with Gasteiger partial charge in [0.25, 0.3) is 0 Å². The number of fused-ring (bicyclic) bond motifs is 1. The van der Waals surface area contributed by atoms with Crippen LogP contribution in [0.4, 0.5) is 15.8 Å². The fraction of sp³-hybridized carbons (Fsp3) is 0.300. The van der Waals surface area contributed by atoms with Gasteiger partial charge in [-0.05, 0) is 24.6 Å². The Kier molecular flexibility index (Phi) is 2.11. The number of carbonyl (C=O) groups excluding carboxylic acids is 1. The number of anilines is 2. The van der Waals surface area contributed by atoms with Crippen molar-refractivity contribution >= 4 is 17.3 Å². The van der Waals surface area contributed by atoms with E-state index in [-0.39, 0.29) is 17.8 Å². The Labute approximate surface area is 81.3 Å². The number of carbonyl (C=O) groups is 1. The van der Waals surface area contributed by atoms with Gasteiger partial charge in [0.15, 0.2) is 0 Å². The van der Waals surface area contributed by atoms with Crippen molar-refractivity contribution in [2.75, 3.05) is 10.6 Å². The van der Waals surface area contributed by atoms with E-state index in [0.29, 0.717) is 17.8 Å². The molecular weight excluding hydrogens is 183 g/mol. The summed E-state index contributed by atoms with van der Waals surface area (Å²) in [4.78, 5) is 11.4. The predicted molar refractivity (Wildman–Crippen MR) is 52.7 cm³/mol. The summed E-state index contributed by atoms with van der Waals surface area (Å²) in [5.74, 6) is -0.367. The molecule has 0 radical (unpaired) electrons. The van der Waals surface area contributed by atoms with Gasteiger partial charge in [-0.25, -0.2) is 4.39 Å². The van der Waals surface area contributed by atoms with Gasteiger partial charge in [-0.1, -0.05) is 6.92 Å². The van der Waals surface area contributed by atoms with Gasteiger partial charge >= 0.3 is 0 Å². The summed E-state index contributed by atoms with van der Waals surface area (Å²) >= 11 is 0. The fourth-order valence-electron chi connectivity index (χ4n) is 1.51. The Morgan fingerprint density at radius 2 is 2.21 bits per heavy atom. The molecule has 1 unspecified atom stereocenters. The molecule has 1 aliphatic rings. The van der Waals surface area contributed by atoms with Crippen LogP contribution in [0.5, 0.6) is 0 Å². The summed E-state index contributed by atoms with van der Waals surface area (Å²) < 4.78 is 12.9. The normalized spacial score (nSPS) is 19.6. The number of rotatable bonds is 1. The Balaban J connectivity index is 2.36. The van der Waals surface area contributed by atoms with Crippen LogP contribution in [-0.2, 0) is 4.79 Å². The van der Waals surface area contributed by atoms with E-state index in [2.05, 4.69) is 10.6 Å². The van der Waals surface area contributed by atoms with Crippen molar-refractivity contribution in [3.8, 4) is 0 Å². The molecule has 74 valence electrons. The number of hydrogen-bond acceptors (Lipinski definition) is 2. The van der Waals surface area contributed by atoms with Crippen LogP contribution < -0.4 is 10.6 Å². The summed E-state index contributed by atoms with van der Waals surface area (Å²) in [7, 11) is 0. The van der Waals surface area contributed by atoms with Crippen LogP contribution >= 0.6 is 0 Å². The molecule has 1 atom stereocenters. The zero-order valence-electron chi connectivity index (χ0n) is 7.80. The number of amides is 1. The van der Waals surface area contributed by atoms with E-state index < -0.39 is 0 Å². The molecule has 1 aliphatic heterocycles. The maximum atomic E-state index is 12.9. The molecule has 1 aromatic carbocycles. The lowest BCUT2D eigenvalue weighted by Crippen LogP contribution is -2.38. The molecule has 0 bridgehead atoms. The lowest BCUT2D eigenvalue weighted by atomic mass is 10.1. The van der Waals surface area contributed by atoms with Crippen LogP contribution in [0.25, 0.3) is 0 Å². The number of hydrogen-bond donors (Lipinski definition) is 2. The molecule has 0 fully saturated rings. The van der Waals surface area contributed by atoms with E-state index in [1.165, 1.54) is 12.1 Å². The highest BCUT2D eigenvalue weighted by Crippen LogP contribution is 2.27. The topological polar surface area (TPSA) is 41.1 Å². The van der Waals surface area contributed by atoms with Gasteiger partial charge in [-0.15, -0.1) is 0 Å². The molecule has 1 aromatic rings. The third kappa shape index (κ3) is 1.43. The summed E-state index contributed by atoms with van der Waals surface area (Å²) in [5, 5.41) is 5.71. The van der Waals surface area contributed by atoms with Crippen LogP contribution in [0.1, 0.15) is 13.3 Å². The van der Waals surface area contributed by atoms with E-state index in [9.17, 15) is 9.18 Å². The van der Waals surface area contributed by atoms with E-state index >= 15 is 0 Å². The molecule has 0 saturated heterocycles. The summed E-state index contributed by atoms with van der Waals surface area (Å²) in [6.07, 6.45) is 0.682. The molecule has 0 spiro atoms. The van der Waals surface area contributed by atoms with Crippen LogP contribution in [0.2, 0.25) is 0 Å². The first-order chi connectivity index (χ1) is 6.70. The summed E-state index contributed by atoms with van der Waals surface area (Å²) in [6, 6.07) is 4.01. The van der Waals surface area contributed by atoms with Gasteiger partial charge in [0.1, 0.15) is 11.9 Å². The van der Waals surface area contributed by atoms with Crippen molar-refractivity contribution in [3.63, 3.8) is 0 Å². The molecule has 0 saturated carbocycles. The van der Waals surface area contributed by atoms with E-state index in [1.54, 1.807) is 6.07 Å². The Bertz CT molecular complexity index is 378. The zero-order chi connectivity index (χ0) is 10.1. The van der Waals surface area contributed by atoms with E-state index in [4.69, 9.17) is 0 Å². The lowest BCUT2D eigenvalue weighted by molar-refractivity contribution is -0.117. The highest BCUT2D eigenvalue weighted by atomic mass is 19.1. The van der Waals surface area contributed by atoms with Crippen molar-refractivity contribution in [1.82, 2.24) is 0 Å². The van der Waals surface area contributed by atoms with Gasteiger partial charge in [0, 0.05) is 0 Å². The average Bonchev–Trinajstić information content (AvgIpc) is 2.17. The first-order valence-corrected chi connectivity index (χ1v) is 4.57. The highest BCUT2D eigenvalue weighted by molar-refractivity contribution is 6.02. The first kappa shape index (κ1) is 8.99. The second kappa shape index (κ2) is 3.29. The summed E-state index contributed by atoms with van der Waals surface area (Å²) in [5.41, 5.74) is 1.29. The van der Waals surface area contributed by atoms with Gasteiger partial charge in [0.2, 0.25) is 5.91 Å². The Morgan fingerprint density at radius 3 is 2.93 bits per heavy atom. The molecule has 1 heterocycles. The van der Waals surface area contributed by atoms with Gasteiger partial charge in [0.05, 0.1) is 11.4 Å². The maximum Gasteiger partial charge on any atom is 0.246 e. The number of halogens is 1. The monoisotopic (exact) mass is 194 g/mol. The van der Waals surface area contributed by atoms with Gasteiger partial charge < -0.3 is 10.6 Å². The maximum absolute atomic E-state index is 12.9.